The van der Waals surface area contributed by atoms with Crippen molar-refractivity contribution in [2.45, 2.75) is 57.7 Å². The molecule has 2 aromatic rings. The van der Waals surface area contributed by atoms with Crippen LogP contribution in [0, 0.1) is 0 Å². The topological polar surface area (TPSA) is 69.7 Å². The molecule has 0 spiro atoms. The zero-order valence-corrected chi connectivity index (χ0v) is 19.6. The van der Waals surface area contributed by atoms with Gasteiger partial charge < -0.3 is 5.32 Å². The van der Waals surface area contributed by atoms with Gasteiger partial charge in [-0.1, -0.05) is 43.5 Å². The van der Waals surface area contributed by atoms with E-state index in [9.17, 15) is 13.2 Å². The average Bonchev–Trinajstić information content (AvgIpc) is 3.17. The highest BCUT2D eigenvalue weighted by Gasteiger charge is 2.28. The molecule has 1 aliphatic heterocycles. The molecular weight excluding hydrogens is 422 g/mol. The third kappa shape index (κ3) is 5.33. The summed E-state index contributed by atoms with van der Waals surface area (Å²) in [6.07, 6.45) is 7.15. The standard InChI is InChI=1S/C25H33N3O3S/c1-27(23-10-3-2-4-11-23)19-22-9-6-5-8-21(22)18-26-25(29)20-12-14-24(15-13-20)28-16-7-17-32(28,30)31/h5-6,8-9,12-15,23H,2-4,7,10-11,16-19H2,1H3,(H,26,29). The lowest BCUT2D eigenvalue weighted by Crippen LogP contribution is -2.33. The van der Waals surface area contributed by atoms with Crippen molar-refractivity contribution in [3.63, 3.8) is 0 Å². The van der Waals surface area contributed by atoms with Crippen molar-refractivity contribution in [2.24, 2.45) is 0 Å². The molecule has 1 aliphatic carbocycles. The van der Waals surface area contributed by atoms with Gasteiger partial charge in [0, 0.05) is 31.2 Å². The van der Waals surface area contributed by atoms with E-state index in [4.69, 9.17) is 0 Å². The van der Waals surface area contributed by atoms with Crippen molar-refractivity contribution in [1.82, 2.24) is 10.2 Å². The highest BCUT2D eigenvalue weighted by Crippen LogP contribution is 2.25. The zero-order chi connectivity index (χ0) is 22.6. The van der Waals surface area contributed by atoms with Crippen LogP contribution in [0.2, 0.25) is 0 Å². The number of amides is 1. The Kier molecular flexibility index (Phi) is 7.16. The number of nitrogens with one attached hydrogen (secondary N) is 1. The number of anilines is 1. The molecule has 1 heterocycles. The monoisotopic (exact) mass is 455 g/mol. The predicted molar refractivity (Wildman–Crippen MR) is 128 cm³/mol. The fourth-order valence-electron chi connectivity index (χ4n) is 4.79. The Morgan fingerprint density at radius 2 is 1.69 bits per heavy atom. The van der Waals surface area contributed by atoms with E-state index >= 15 is 0 Å². The Balaban J connectivity index is 1.37. The minimum atomic E-state index is -3.21. The highest BCUT2D eigenvalue weighted by atomic mass is 32.2. The van der Waals surface area contributed by atoms with E-state index in [0.29, 0.717) is 36.8 Å². The fourth-order valence-corrected chi connectivity index (χ4v) is 6.35. The van der Waals surface area contributed by atoms with Gasteiger partial charge in [0.25, 0.3) is 5.91 Å². The Morgan fingerprint density at radius 3 is 2.34 bits per heavy atom. The Labute approximate surface area is 191 Å². The van der Waals surface area contributed by atoms with E-state index < -0.39 is 10.0 Å². The molecule has 7 heteroatoms. The van der Waals surface area contributed by atoms with Gasteiger partial charge in [-0.05, 0) is 61.7 Å². The molecule has 2 aliphatic rings. The number of carbonyl (C=O) groups is 1. The van der Waals surface area contributed by atoms with Crippen molar-refractivity contribution in [3.8, 4) is 0 Å². The van der Waals surface area contributed by atoms with Crippen LogP contribution >= 0.6 is 0 Å². The molecular formula is C25H33N3O3S. The molecule has 1 saturated heterocycles. The maximum absolute atomic E-state index is 12.7. The number of hydrogen-bond donors (Lipinski definition) is 1. The molecule has 32 heavy (non-hydrogen) atoms. The summed E-state index contributed by atoms with van der Waals surface area (Å²) in [6, 6.07) is 15.7. The SMILES string of the molecule is CN(Cc1ccccc1CNC(=O)c1ccc(N2CCCS2(=O)=O)cc1)C1CCCCC1. The average molecular weight is 456 g/mol. The molecule has 172 valence electrons. The number of nitrogens with zero attached hydrogens (tertiary/aromatic N) is 2. The summed E-state index contributed by atoms with van der Waals surface area (Å²) in [5.74, 6) is 0.0289. The van der Waals surface area contributed by atoms with Gasteiger partial charge in [-0.2, -0.15) is 0 Å². The molecule has 2 aromatic carbocycles. The van der Waals surface area contributed by atoms with Crippen LogP contribution in [0.15, 0.2) is 48.5 Å². The number of rotatable bonds is 7. The molecule has 1 N–H and O–H groups in total. The van der Waals surface area contributed by atoms with Crippen LogP contribution < -0.4 is 9.62 Å². The van der Waals surface area contributed by atoms with E-state index in [-0.39, 0.29) is 11.7 Å². The second-order valence-electron chi connectivity index (χ2n) is 8.95. The van der Waals surface area contributed by atoms with Crippen LogP contribution in [-0.2, 0) is 23.1 Å². The third-order valence-corrected chi connectivity index (χ3v) is 8.56. The Bertz CT molecular complexity index is 1030. The normalized spacial score (nSPS) is 18.8. The highest BCUT2D eigenvalue weighted by molar-refractivity contribution is 7.93. The van der Waals surface area contributed by atoms with Crippen LogP contribution in [0.25, 0.3) is 0 Å². The van der Waals surface area contributed by atoms with Crippen LogP contribution in [0.4, 0.5) is 5.69 Å². The van der Waals surface area contributed by atoms with Crippen LogP contribution in [0.1, 0.15) is 60.0 Å². The van der Waals surface area contributed by atoms with Crippen molar-refractivity contribution < 1.29 is 13.2 Å². The van der Waals surface area contributed by atoms with Gasteiger partial charge in [-0.3, -0.25) is 14.0 Å². The van der Waals surface area contributed by atoms with Gasteiger partial charge >= 0.3 is 0 Å². The lowest BCUT2D eigenvalue weighted by atomic mass is 9.94. The molecule has 2 fully saturated rings. The van der Waals surface area contributed by atoms with Gasteiger partial charge in [0.15, 0.2) is 0 Å². The first-order chi connectivity index (χ1) is 15.4. The van der Waals surface area contributed by atoms with Crippen molar-refractivity contribution in [1.29, 1.82) is 0 Å². The quantitative estimate of drug-likeness (QED) is 0.687. The second-order valence-corrected chi connectivity index (χ2v) is 11.0. The molecule has 0 aromatic heterocycles. The third-order valence-electron chi connectivity index (χ3n) is 6.69. The minimum Gasteiger partial charge on any atom is -0.348 e. The van der Waals surface area contributed by atoms with Crippen LogP contribution in [-0.4, -0.2) is 44.6 Å². The van der Waals surface area contributed by atoms with Gasteiger partial charge in [0.2, 0.25) is 10.0 Å². The first kappa shape index (κ1) is 22.8. The largest absolute Gasteiger partial charge is 0.348 e. The molecule has 0 unspecified atom stereocenters. The summed E-state index contributed by atoms with van der Waals surface area (Å²) in [5.41, 5.74) is 3.52. The van der Waals surface area contributed by atoms with E-state index in [1.54, 1.807) is 24.3 Å². The van der Waals surface area contributed by atoms with E-state index in [1.165, 1.54) is 42.0 Å². The lowest BCUT2D eigenvalue weighted by Gasteiger charge is -2.31. The summed E-state index contributed by atoms with van der Waals surface area (Å²) in [6.45, 7) is 1.85. The lowest BCUT2D eigenvalue weighted by molar-refractivity contribution is 0.0950. The smallest absolute Gasteiger partial charge is 0.251 e. The minimum absolute atomic E-state index is 0.156. The van der Waals surface area contributed by atoms with Gasteiger partial charge in [-0.15, -0.1) is 0 Å². The van der Waals surface area contributed by atoms with Crippen molar-refractivity contribution in [3.05, 3.63) is 65.2 Å². The van der Waals surface area contributed by atoms with Gasteiger partial charge in [0.05, 0.1) is 11.4 Å². The van der Waals surface area contributed by atoms with E-state index in [2.05, 4.69) is 35.5 Å². The van der Waals surface area contributed by atoms with Crippen LogP contribution in [0.5, 0.6) is 0 Å². The fraction of sp³-hybridized carbons (Fsp3) is 0.480. The second kappa shape index (κ2) is 10.0. The molecule has 1 saturated carbocycles. The summed E-state index contributed by atoms with van der Waals surface area (Å²) in [7, 11) is -1.01. The van der Waals surface area contributed by atoms with E-state index in [1.807, 2.05) is 6.07 Å². The molecule has 0 atom stereocenters. The van der Waals surface area contributed by atoms with Gasteiger partial charge in [-0.25, -0.2) is 8.42 Å². The Morgan fingerprint density at radius 1 is 1.00 bits per heavy atom. The molecule has 1 amide bonds. The molecule has 4 rings (SSSR count). The first-order valence-corrected chi connectivity index (χ1v) is 13.2. The Hall–Kier alpha value is -2.38. The summed E-state index contributed by atoms with van der Waals surface area (Å²) in [4.78, 5) is 15.2. The summed E-state index contributed by atoms with van der Waals surface area (Å²) < 4.78 is 25.6. The molecule has 6 nitrogen and oxygen atoms in total. The molecule has 0 bridgehead atoms. The first-order valence-electron chi connectivity index (χ1n) is 11.6. The van der Waals surface area contributed by atoms with E-state index in [0.717, 1.165) is 12.1 Å². The summed E-state index contributed by atoms with van der Waals surface area (Å²) >= 11 is 0. The summed E-state index contributed by atoms with van der Waals surface area (Å²) in [5, 5.41) is 3.02. The van der Waals surface area contributed by atoms with Crippen molar-refractivity contribution >= 4 is 21.6 Å². The molecule has 0 radical (unpaired) electrons. The number of hydrogen-bond acceptors (Lipinski definition) is 4. The van der Waals surface area contributed by atoms with Gasteiger partial charge in [0.1, 0.15) is 0 Å². The van der Waals surface area contributed by atoms with Crippen molar-refractivity contribution in [2.75, 3.05) is 23.7 Å². The zero-order valence-electron chi connectivity index (χ0n) is 18.8. The number of benzene rings is 2. The predicted octanol–water partition coefficient (Wildman–Crippen LogP) is 3.92. The maximum Gasteiger partial charge on any atom is 0.251 e. The van der Waals surface area contributed by atoms with Crippen LogP contribution in [0.3, 0.4) is 0 Å². The number of sulfonamides is 1. The maximum atomic E-state index is 12.7. The number of carbonyl (C=O) groups excluding carboxylic acids is 1.